The summed E-state index contributed by atoms with van der Waals surface area (Å²) in [5.74, 6) is 0. The first-order chi connectivity index (χ1) is 62.5. The lowest BCUT2D eigenvalue weighted by molar-refractivity contribution is 0.659. The Balaban J connectivity index is 0.000000141. The summed E-state index contributed by atoms with van der Waals surface area (Å²) < 4.78 is 0. The molecule has 0 aliphatic heterocycles. The van der Waals surface area contributed by atoms with E-state index in [4.69, 9.17) is 0 Å². The Morgan fingerprint density at radius 2 is 0.375 bits per heavy atom. The molecule has 0 heterocycles. The van der Waals surface area contributed by atoms with E-state index in [1.807, 2.05) is 0 Å². The third kappa shape index (κ3) is 11.4. The van der Waals surface area contributed by atoms with Gasteiger partial charge in [0.05, 0.1) is 0 Å². The van der Waals surface area contributed by atoms with Gasteiger partial charge in [-0.3, -0.25) is 0 Å². The minimum absolute atomic E-state index is 0.0419. The Kier molecular flexibility index (Phi) is 16.6. The molecule has 0 radical (unpaired) electrons. The second-order valence-electron chi connectivity index (χ2n) is 38.4. The second kappa shape index (κ2) is 28.2. The van der Waals surface area contributed by atoms with Crippen molar-refractivity contribution in [2.75, 3.05) is 0 Å². The molecule has 0 fully saturated rings. The Morgan fingerprint density at radius 3 is 0.789 bits per heavy atom. The van der Waals surface area contributed by atoms with Gasteiger partial charge < -0.3 is 0 Å². The van der Waals surface area contributed by atoms with Crippen LogP contribution in [0.2, 0.25) is 0 Å². The van der Waals surface area contributed by atoms with Crippen molar-refractivity contribution >= 4 is 86.2 Å². The van der Waals surface area contributed by atoms with Crippen LogP contribution in [0.4, 0.5) is 0 Å². The van der Waals surface area contributed by atoms with Gasteiger partial charge in [-0.1, -0.05) is 401 Å². The lowest BCUT2D eigenvalue weighted by Gasteiger charge is -2.24. The van der Waals surface area contributed by atoms with Crippen LogP contribution in [0.3, 0.4) is 0 Å². The first-order valence-corrected chi connectivity index (χ1v) is 45.5. The zero-order chi connectivity index (χ0) is 85.8. The molecule has 26 rings (SSSR count). The van der Waals surface area contributed by atoms with E-state index in [2.05, 4.69) is 468 Å². The molecule has 0 nitrogen and oxygen atoms in total. The molecule has 0 heteroatoms. The van der Waals surface area contributed by atoms with E-state index in [1.165, 1.54) is 264 Å². The summed E-state index contributed by atoms with van der Waals surface area (Å²) in [5.41, 5.74) is 41.6. The average Bonchev–Trinajstić information content (AvgIpc) is 1.30. The quantitative estimate of drug-likeness (QED) is 0.105. The van der Waals surface area contributed by atoms with Gasteiger partial charge in [-0.2, -0.15) is 0 Å². The van der Waals surface area contributed by atoms with Crippen LogP contribution in [0.25, 0.3) is 220 Å². The first-order valence-electron chi connectivity index (χ1n) is 45.5. The molecule has 0 saturated carbocycles. The molecule has 0 bridgehead atoms. The van der Waals surface area contributed by atoms with Crippen molar-refractivity contribution in [3.8, 4) is 134 Å². The predicted octanol–water partition coefficient (Wildman–Crippen LogP) is 35.2. The number of rotatable bonds is 8. The van der Waals surface area contributed by atoms with Crippen LogP contribution in [0.1, 0.15) is 99.9 Å². The lowest BCUT2D eigenvalue weighted by atomic mass is 9.79. The van der Waals surface area contributed by atoms with Crippen LogP contribution in [0, 0.1) is 0 Å². The van der Waals surface area contributed by atoms with Crippen LogP contribution in [-0.2, 0) is 21.7 Å². The maximum absolute atomic E-state index is 2.53. The zero-order valence-electron chi connectivity index (χ0n) is 73.3. The number of benzene rings is 22. The number of hydrogen-bond acceptors (Lipinski definition) is 0. The van der Waals surface area contributed by atoms with E-state index in [1.54, 1.807) is 0 Å². The monoisotopic (exact) mass is 1630 g/mol. The highest BCUT2D eigenvalue weighted by atomic mass is 14.4. The zero-order valence-corrected chi connectivity index (χ0v) is 73.3. The average molecular weight is 1630 g/mol. The Morgan fingerprint density at radius 1 is 0.117 bits per heavy atom. The highest BCUT2D eigenvalue weighted by Gasteiger charge is 2.41. The number of fused-ring (bicyclic) bond motifs is 21. The van der Waals surface area contributed by atoms with Crippen molar-refractivity contribution in [2.45, 2.75) is 77.0 Å². The summed E-state index contributed by atoms with van der Waals surface area (Å²) in [6.07, 6.45) is 0. The van der Waals surface area contributed by atoms with Crippen LogP contribution in [0.5, 0.6) is 0 Å². The van der Waals surface area contributed by atoms with E-state index < -0.39 is 0 Å². The summed E-state index contributed by atoms with van der Waals surface area (Å²) in [6, 6.07) is 156. The van der Waals surface area contributed by atoms with Gasteiger partial charge in [0.2, 0.25) is 0 Å². The van der Waals surface area contributed by atoms with Crippen LogP contribution < -0.4 is 0 Å². The molecule has 0 unspecified atom stereocenters. The van der Waals surface area contributed by atoms with Crippen LogP contribution >= 0.6 is 0 Å². The normalized spacial score (nSPS) is 14.2. The van der Waals surface area contributed by atoms with E-state index in [9.17, 15) is 0 Å². The Hall–Kier alpha value is -15.1. The Labute approximate surface area is 748 Å². The summed E-state index contributed by atoms with van der Waals surface area (Å²) in [5, 5.41) is 20.3. The molecule has 0 N–H and O–H groups in total. The number of hydrogen-bond donors (Lipinski definition) is 0. The van der Waals surface area contributed by atoms with Crippen molar-refractivity contribution in [3.63, 3.8) is 0 Å². The molecule has 0 saturated heterocycles. The second-order valence-corrected chi connectivity index (χ2v) is 38.4. The topological polar surface area (TPSA) is 0 Å². The minimum atomic E-state index is -0.202. The smallest absolute Gasteiger partial charge is 0.0159 e. The molecular weight excluding hydrogens is 1540 g/mol. The third-order valence-electron chi connectivity index (χ3n) is 30.1. The van der Waals surface area contributed by atoms with Gasteiger partial charge in [0.15, 0.2) is 0 Å². The Bertz CT molecular complexity index is 8560. The molecule has 604 valence electrons. The summed E-state index contributed by atoms with van der Waals surface area (Å²) in [4.78, 5) is 0. The first kappa shape index (κ1) is 75.4. The highest BCUT2D eigenvalue weighted by molar-refractivity contribution is 6.25. The van der Waals surface area contributed by atoms with E-state index >= 15 is 0 Å². The summed E-state index contributed by atoms with van der Waals surface area (Å²) in [7, 11) is 0. The fraction of sp³-hybridized carbons (Fsp3) is 0.0938. The molecule has 0 atom stereocenters. The van der Waals surface area contributed by atoms with Crippen LogP contribution in [0.15, 0.2) is 413 Å². The molecule has 0 amide bonds. The van der Waals surface area contributed by atoms with Gasteiger partial charge in [0.25, 0.3) is 0 Å². The maximum atomic E-state index is 2.53. The molecular formula is C128H92. The minimum Gasteiger partial charge on any atom is -0.0619 e. The van der Waals surface area contributed by atoms with Gasteiger partial charge in [-0.25, -0.2) is 0 Å². The van der Waals surface area contributed by atoms with Crippen molar-refractivity contribution in [1.29, 1.82) is 0 Å². The van der Waals surface area contributed by atoms with Crippen LogP contribution in [-0.4, -0.2) is 0 Å². The molecule has 4 aliphatic rings. The SMILES string of the molecule is CC1(C)c2ccccc2-c2ccc(-c3c4ccccc4c(-c4cccc(-c5cc6ccccc6c6ccccc56)c4)c4ccc(-c5ccc6ccccc6c5)cc34)cc21.CC1(C)c2ccccc2-c2ccc(-c3ccc4c(c3)C(C)(C)c3cc(-c5c6ccccc6c(-c6ccc7c(c6)C(C)(C)c6ccccc6-7)c6cc(-c7ccc8ccccc8c7)ccc56)ccc3-4)cc21. The van der Waals surface area contributed by atoms with E-state index in [-0.39, 0.29) is 21.7 Å². The molecule has 4 aliphatic carbocycles. The lowest BCUT2D eigenvalue weighted by Crippen LogP contribution is -2.15. The fourth-order valence-corrected chi connectivity index (χ4v) is 23.5. The largest absolute Gasteiger partial charge is 0.0619 e. The van der Waals surface area contributed by atoms with Crippen molar-refractivity contribution in [2.24, 2.45) is 0 Å². The summed E-state index contributed by atoms with van der Waals surface area (Å²) >= 11 is 0. The standard InChI is InChI=1S/C69H52.C59H40/c1-67(2)59-21-13-11-17-49(59)51-30-25-45(37-61(51)67)46-26-31-53-54-33-28-47(39-64(54)69(5,6)62(53)38-46)65-55-19-9-10-20-56(55)66(48-29-32-52-50-18-12-14-22-60(50)68(3,4)63(52)40-48)58-36-44(27-34-57(58)65)43-24-23-41-15-7-8-16-42(41)35-43;1-59(2)55-25-12-11-22-48(55)49-30-29-44(36-56(49)59)58-51-24-10-9-23-50(51)57(52-31-28-40(34-54(52)58)39-27-26-37-14-3-4-15-38(37)32-39)43-18-13-17-41(33-43)53-35-42-16-5-6-19-45(42)46-20-7-8-21-47(46)53/h7-40H,1-6H3;3-36H,1-2H3. The molecule has 0 spiro atoms. The molecule has 22 aromatic rings. The van der Waals surface area contributed by atoms with Crippen molar-refractivity contribution in [1.82, 2.24) is 0 Å². The van der Waals surface area contributed by atoms with Gasteiger partial charge in [0.1, 0.15) is 0 Å². The van der Waals surface area contributed by atoms with E-state index in [0.29, 0.717) is 0 Å². The maximum Gasteiger partial charge on any atom is 0.0159 e. The van der Waals surface area contributed by atoms with Crippen molar-refractivity contribution < 1.29 is 0 Å². The predicted molar refractivity (Wildman–Crippen MR) is 547 cm³/mol. The van der Waals surface area contributed by atoms with Gasteiger partial charge in [-0.15, -0.1) is 0 Å². The molecule has 128 heavy (non-hydrogen) atoms. The van der Waals surface area contributed by atoms with Crippen molar-refractivity contribution in [3.05, 3.63) is 457 Å². The van der Waals surface area contributed by atoms with Gasteiger partial charge in [0, 0.05) is 21.7 Å². The molecule has 22 aromatic carbocycles. The van der Waals surface area contributed by atoms with Gasteiger partial charge in [-0.05, 0) is 331 Å². The van der Waals surface area contributed by atoms with E-state index in [0.717, 1.165) is 0 Å². The highest BCUT2D eigenvalue weighted by Crippen LogP contribution is 2.58. The summed E-state index contributed by atoms with van der Waals surface area (Å²) in [6.45, 7) is 19.1. The fourth-order valence-electron chi connectivity index (χ4n) is 23.5. The molecule has 0 aromatic heterocycles. The van der Waals surface area contributed by atoms with Gasteiger partial charge >= 0.3 is 0 Å². The third-order valence-corrected chi connectivity index (χ3v) is 30.1.